The molecule has 1 aromatic rings. The first-order chi connectivity index (χ1) is 10.1. The number of methoxy groups -OCH3 is 1. The van der Waals surface area contributed by atoms with E-state index in [1.165, 1.54) is 17.5 Å². The van der Waals surface area contributed by atoms with Crippen LogP contribution >= 0.6 is 0 Å². The van der Waals surface area contributed by atoms with Crippen LogP contribution in [0.5, 0.6) is 0 Å². The zero-order chi connectivity index (χ0) is 15.5. The van der Waals surface area contributed by atoms with Gasteiger partial charge in [0.25, 0.3) is 0 Å². The largest absolute Gasteiger partial charge is 0.383 e. The molecular formula is C18H30N2O. The van der Waals surface area contributed by atoms with E-state index in [4.69, 9.17) is 10.5 Å². The van der Waals surface area contributed by atoms with E-state index in [2.05, 4.69) is 49.9 Å². The average Bonchev–Trinajstić information content (AvgIpc) is 2.50. The highest BCUT2D eigenvalue weighted by Crippen LogP contribution is 2.44. The van der Waals surface area contributed by atoms with Gasteiger partial charge in [0.1, 0.15) is 0 Å². The molecule has 0 spiro atoms. The molecule has 2 N–H and O–H groups in total. The van der Waals surface area contributed by atoms with Crippen molar-refractivity contribution < 1.29 is 4.74 Å². The SMILES string of the molecule is COCCN(C(C)C)C1(CN)CCC(C)c2ccccc21. The molecule has 118 valence electrons. The third kappa shape index (κ3) is 3.01. The molecule has 0 fully saturated rings. The number of benzene rings is 1. The van der Waals surface area contributed by atoms with Gasteiger partial charge >= 0.3 is 0 Å². The van der Waals surface area contributed by atoms with Gasteiger partial charge in [0.2, 0.25) is 0 Å². The minimum Gasteiger partial charge on any atom is -0.383 e. The van der Waals surface area contributed by atoms with E-state index in [0.717, 1.165) is 19.6 Å². The molecule has 21 heavy (non-hydrogen) atoms. The number of nitrogens with zero attached hydrogens (tertiary/aromatic N) is 1. The van der Waals surface area contributed by atoms with Crippen molar-refractivity contribution in [2.45, 2.75) is 51.1 Å². The highest BCUT2D eigenvalue weighted by atomic mass is 16.5. The van der Waals surface area contributed by atoms with Gasteiger partial charge in [0.05, 0.1) is 12.1 Å². The van der Waals surface area contributed by atoms with Crippen molar-refractivity contribution in [3.8, 4) is 0 Å². The van der Waals surface area contributed by atoms with Crippen LogP contribution in [-0.2, 0) is 10.3 Å². The maximum Gasteiger partial charge on any atom is 0.0590 e. The van der Waals surface area contributed by atoms with Crippen LogP contribution in [0.3, 0.4) is 0 Å². The minimum atomic E-state index is -0.0458. The van der Waals surface area contributed by atoms with Crippen molar-refractivity contribution in [2.75, 3.05) is 26.8 Å². The van der Waals surface area contributed by atoms with Crippen LogP contribution in [0.25, 0.3) is 0 Å². The van der Waals surface area contributed by atoms with Crippen LogP contribution in [0.2, 0.25) is 0 Å². The molecule has 1 aliphatic rings. The third-order valence-electron chi connectivity index (χ3n) is 5.03. The van der Waals surface area contributed by atoms with Crippen LogP contribution in [0.1, 0.15) is 50.7 Å². The Morgan fingerprint density at radius 3 is 2.71 bits per heavy atom. The summed E-state index contributed by atoms with van der Waals surface area (Å²) in [5.74, 6) is 0.623. The number of hydrogen-bond acceptors (Lipinski definition) is 3. The fourth-order valence-electron chi connectivity index (χ4n) is 3.88. The van der Waals surface area contributed by atoms with Crippen LogP contribution in [0, 0.1) is 0 Å². The molecular weight excluding hydrogens is 260 g/mol. The van der Waals surface area contributed by atoms with E-state index in [-0.39, 0.29) is 5.54 Å². The topological polar surface area (TPSA) is 38.5 Å². The van der Waals surface area contributed by atoms with Gasteiger partial charge < -0.3 is 10.5 Å². The second-order valence-electron chi connectivity index (χ2n) is 6.54. The summed E-state index contributed by atoms with van der Waals surface area (Å²) in [5.41, 5.74) is 9.18. The van der Waals surface area contributed by atoms with Gasteiger partial charge in [-0.2, -0.15) is 0 Å². The minimum absolute atomic E-state index is 0.0458. The molecule has 3 heteroatoms. The zero-order valence-corrected chi connectivity index (χ0v) is 13.9. The number of nitrogens with two attached hydrogens (primary N) is 1. The summed E-state index contributed by atoms with van der Waals surface area (Å²) in [6.07, 6.45) is 2.33. The van der Waals surface area contributed by atoms with Gasteiger partial charge in [-0.3, -0.25) is 4.90 Å². The number of hydrogen-bond donors (Lipinski definition) is 1. The van der Waals surface area contributed by atoms with Crippen molar-refractivity contribution in [3.05, 3.63) is 35.4 Å². The Labute approximate surface area is 129 Å². The van der Waals surface area contributed by atoms with Gasteiger partial charge in [0.15, 0.2) is 0 Å². The van der Waals surface area contributed by atoms with E-state index < -0.39 is 0 Å². The van der Waals surface area contributed by atoms with Crippen LogP contribution in [0.15, 0.2) is 24.3 Å². The lowest BCUT2D eigenvalue weighted by Gasteiger charge is -2.50. The lowest BCUT2D eigenvalue weighted by atomic mass is 9.71. The Balaban J connectivity index is 2.47. The lowest BCUT2D eigenvalue weighted by molar-refractivity contribution is 0.0180. The van der Waals surface area contributed by atoms with Crippen molar-refractivity contribution in [1.29, 1.82) is 0 Å². The maximum atomic E-state index is 6.33. The molecule has 0 saturated carbocycles. The van der Waals surface area contributed by atoms with Crippen molar-refractivity contribution in [2.24, 2.45) is 5.73 Å². The molecule has 0 aromatic heterocycles. The summed E-state index contributed by atoms with van der Waals surface area (Å²) >= 11 is 0. The predicted molar refractivity (Wildman–Crippen MR) is 88.5 cm³/mol. The molecule has 0 amide bonds. The first kappa shape index (κ1) is 16.5. The Bertz CT molecular complexity index is 460. The van der Waals surface area contributed by atoms with Gasteiger partial charge in [0, 0.05) is 26.2 Å². The smallest absolute Gasteiger partial charge is 0.0590 e. The molecule has 0 bridgehead atoms. The highest BCUT2D eigenvalue weighted by Gasteiger charge is 2.43. The molecule has 2 atom stereocenters. The van der Waals surface area contributed by atoms with Gasteiger partial charge in [-0.05, 0) is 43.7 Å². The molecule has 0 heterocycles. The molecule has 0 radical (unpaired) electrons. The normalized spacial score (nSPS) is 25.4. The van der Waals surface area contributed by atoms with Gasteiger partial charge in [-0.15, -0.1) is 0 Å². The monoisotopic (exact) mass is 290 g/mol. The van der Waals surface area contributed by atoms with Crippen LogP contribution in [-0.4, -0.2) is 37.7 Å². The standard InChI is InChI=1S/C18H30N2O/c1-14(2)20(11-12-21-4)18(13-19)10-9-15(3)16-7-5-6-8-17(16)18/h5-8,14-15H,9-13,19H2,1-4H3. The molecule has 0 saturated heterocycles. The summed E-state index contributed by atoms with van der Waals surface area (Å²) in [6.45, 7) is 9.18. The third-order valence-corrected chi connectivity index (χ3v) is 5.03. The molecule has 0 aliphatic heterocycles. The molecule has 2 unspecified atom stereocenters. The summed E-state index contributed by atoms with van der Waals surface area (Å²) in [6, 6.07) is 9.30. The molecule has 3 nitrogen and oxygen atoms in total. The quantitative estimate of drug-likeness (QED) is 0.875. The first-order valence-corrected chi connectivity index (χ1v) is 8.12. The predicted octanol–water partition coefficient (Wildman–Crippen LogP) is 3.09. The van der Waals surface area contributed by atoms with Crippen LogP contribution in [0.4, 0.5) is 0 Å². The van der Waals surface area contributed by atoms with Gasteiger partial charge in [-0.1, -0.05) is 31.2 Å². The van der Waals surface area contributed by atoms with E-state index >= 15 is 0 Å². The van der Waals surface area contributed by atoms with E-state index in [1.807, 2.05) is 0 Å². The zero-order valence-electron chi connectivity index (χ0n) is 13.9. The Morgan fingerprint density at radius 1 is 1.38 bits per heavy atom. The second-order valence-corrected chi connectivity index (χ2v) is 6.54. The van der Waals surface area contributed by atoms with Crippen molar-refractivity contribution >= 4 is 0 Å². The Kier molecular flexibility index (Phi) is 5.42. The summed E-state index contributed by atoms with van der Waals surface area (Å²) < 4.78 is 5.33. The number of rotatable bonds is 6. The fourth-order valence-corrected chi connectivity index (χ4v) is 3.88. The molecule has 1 aromatic carbocycles. The fraction of sp³-hybridized carbons (Fsp3) is 0.667. The summed E-state index contributed by atoms with van der Waals surface area (Å²) in [7, 11) is 1.77. The molecule has 2 rings (SSSR count). The van der Waals surface area contributed by atoms with Crippen LogP contribution < -0.4 is 5.73 Å². The summed E-state index contributed by atoms with van der Waals surface area (Å²) in [5, 5.41) is 0. The molecule has 1 aliphatic carbocycles. The highest BCUT2D eigenvalue weighted by molar-refractivity contribution is 5.39. The Hall–Kier alpha value is -0.900. The summed E-state index contributed by atoms with van der Waals surface area (Å²) in [4.78, 5) is 2.54. The Morgan fingerprint density at radius 2 is 2.10 bits per heavy atom. The maximum absolute atomic E-state index is 6.33. The van der Waals surface area contributed by atoms with Crippen molar-refractivity contribution in [3.63, 3.8) is 0 Å². The van der Waals surface area contributed by atoms with Crippen molar-refractivity contribution in [1.82, 2.24) is 4.90 Å². The first-order valence-electron chi connectivity index (χ1n) is 8.12. The second kappa shape index (κ2) is 6.91. The van der Waals surface area contributed by atoms with E-state index in [9.17, 15) is 0 Å². The number of ether oxygens (including phenoxy) is 1. The lowest BCUT2D eigenvalue weighted by Crippen LogP contribution is -2.56. The average molecular weight is 290 g/mol. The van der Waals surface area contributed by atoms with E-state index in [0.29, 0.717) is 18.5 Å². The van der Waals surface area contributed by atoms with Gasteiger partial charge in [-0.25, -0.2) is 0 Å². The van der Waals surface area contributed by atoms with E-state index in [1.54, 1.807) is 7.11 Å². The number of fused-ring (bicyclic) bond motifs is 1.